The monoisotopic (exact) mass is 450 g/mol. The third kappa shape index (κ3) is 4.75. The van der Waals surface area contributed by atoms with Crippen LogP contribution in [0.5, 0.6) is 5.75 Å². The smallest absolute Gasteiger partial charge is 0.227 e. The van der Waals surface area contributed by atoms with E-state index in [4.69, 9.17) is 0 Å². The van der Waals surface area contributed by atoms with Crippen LogP contribution in [0.25, 0.3) is 0 Å². The maximum atomic E-state index is 12.4. The Morgan fingerprint density at radius 1 is 0.906 bits per heavy atom. The van der Waals surface area contributed by atoms with Crippen LogP contribution in [-0.2, 0) is 15.3 Å². The number of rotatable bonds is 6. The topological polar surface area (TPSA) is 102 Å². The number of benzene rings is 1. The Hall–Kier alpha value is -3.40. The predicted octanol–water partition coefficient (Wildman–Crippen LogP) is 1.05. The van der Waals surface area contributed by atoms with Crippen LogP contribution in [0.4, 0.5) is 0 Å². The Morgan fingerprint density at radius 2 is 1.56 bits per heavy atom. The number of aromatic hydroxyl groups is 1. The number of Topliss-reactive ketones (excluding diaryl/α,β-unsaturated/α-hetero) is 1. The van der Waals surface area contributed by atoms with Gasteiger partial charge in [0.15, 0.2) is 5.16 Å². The summed E-state index contributed by atoms with van der Waals surface area (Å²) in [6.45, 7) is 5.41. The van der Waals surface area contributed by atoms with Crippen LogP contribution in [-0.4, -0.2) is 85.6 Å². The predicted molar refractivity (Wildman–Crippen MR) is 117 cm³/mol. The average Bonchev–Trinajstić information content (AvgIpc) is 3.64. The molecule has 1 aromatic heterocycles. The zero-order chi connectivity index (χ0) is 22.1. The van der Waals surface area contributed by atoms with Crippen molar-refractivity contribution < 1.29 is 14.7 Å². The van der Waals surface area contributed by atoms with Gasteiger partial charge in [-0.1, -0.05) is 23.9 Å². The third-order valence-electron chi connectivity index (χ3n) is 5.24. The second-order valence-electron chi connectivity index (χ2n) is 7.76. The van der Waals surface area contributed by atoms with E-state index in [0.29, 0.717) is 22.2 Å². The van der Waals surface area contributed by atoms with Crippen molar-refractivity contribution >= 4 is 23.3 Å². The molecule has 10 heteroatoms. The van der Waals surface area contributed by atoms with E-state index in [0.717, 1.165) is 50.6 Å². The SMILES string of the molecule is O=C1C=C(N2CC2)C(=O)C(N2CC2)=C1N1CC1.Oc1cccc(CSc2ncncn2)c1. The van der Waals surface area contributed by atoms with Gasteiger partial charge in [0.1, 0.15) is 29.8 Å². The highest BCUT2D eigenvalue weighted by molar-refractivity contribution is 7.98. The Balaban J connectivity index is 0.000000136. The number of aromatic nitrogens is 3. The quantitative estimate of drug-likeness (QED) is 0.390. The van der Waals surface area contributed by atoms with E-state index in [9.17, 15) is 14.7 Å². The summed E-state index contributed by atoms with van der Waals surface area (Å²) in [7, 11) is 0. The molecule has 9 nitrogen and oxygen atoms in total. The van der Waals surface area contributed by atoms with E-state index < -0.39 is 0 Å². The van der Waals surface area contributed by atoms with Gasteiger partial charge in [-0.3, -0.25) is 9.59 Å². The first-order valence-electron chi connectivity index (χ1n) is 10.4. The Bertz CT molecular complexity index is 1110. The fourth-order valence-corrected chi connectivity index (χ4v) is 4.09. The molecule has 3 saturated heterocycles. The van der Waals surface area contributed by atoms with Crippen LogP contribution in [0.2, 0.25) is 0 Å². The second-order valence-corrected chi connectivity index (χ2v) is 8.70. The lowest BCUT2D eigenvalue weighted by molar-refractivity contribution is -0.117. The molecule has 1 aromatic carbocycles. The van der Waals surface area contributed by atoms with Crippen molar-refractivity contribution in [1.82, 2.24) is 29.7 Å². The molecule has 6 rings (SSSR count). The van der Waals surface area contributed by atoms with Gasteiger partial charge in [-0.2, -0.15) is 0 Å². The van der Waals surface area contributed by atoms with Crippen molar-refractivity contribution in [2.24, 2.45) is 0 Å². The van der Waals surface area contributed by atoms with Gasteiger partial charge in [-0.15, -0.1) is 0 Å². The van der Waals surface area contributed by atoms with Crippen LogP contribution in [0, 0.1) is 0 Å². The molecule has 3 aliphatic heterocycles. The molecular weight excluding hydrogens is 428 g/mol. The van der Waals surface area contributed by atoms with Crippen LogP contribution in [0.3, 0.4) is 0 Å². The average molecular weight is 451 g/mol. The van der Waals surface area contributed by atoms with Gasteiger partial charge in [0.25, 0.3) is 0 Å². The molecule has 0 atom stereocenters. The zero-order valence-corrected chi connectivity index (χ0v) is 18.2. The fraction of sp³-hybridized carbons (Fsp3) is 0.318. The lowest BCUT2D eigenvalue weighted by atomic mass is 10.0. The number of phenolic OH excluding ortho intramolecular Hbond substituents is 1. The number of phenols is 1. The first-order chi connectivity index (χ1) is 15.6. The number of nitrogens with zero attached hydrogens (tertiary/aromatic N) is 6. The van der Waals surface area contributed by atoms with E-state index in [-0.39, 0.29) is 17.3 Å². The zero-order valence-electron chi connectivity index (χ0n) is 17.3. The molecular formula is C22H22N6O3S. The molecule has 0 saturated carbocycles. The first kappa shape index (κ1) is 20.5. The molecule has 4 aliphatic rings. The van der Waals surface area contributed by atoms with Crippen molar-refractivity contribution in [2.45, 2.75) is 10.9 Å². The maximum absolute atomic E-state index is 12.4. The summed E-state index contributed by atoms with van der Waals surface area (Å²) in [6, 6.07) is 7.15. The number of hydrogen-bond acceptors (Lipinski definition) is 10. The number of hydrogen-bond donors (Lipinski definition) is 1. The van der Waals surface area contributed by atoms with Crippen LogP contribution in [0.15, 0.2) is 65.2 Å². The number of thioether (sulfide) groups is 1. The fourth-order valence-electron chi connectivity index (χ4n) is 3.37. The van der Waals surface area contributed by atoms with Gasteiger partial charge < -0.3 is 19.8 Å². The molecule has 0 amide bonds. The summed E-state index contributed by atoms with van der Waals surface area (Å²) in [5.41, 5.74) is 2.93. The number of allylic oxidation sites excluding steroid dienone is 1. The van der Waals surface area contributed by atoms with Crippen LogP contribution < -0.4 is 0 Å². The van der Waals surface area contributed by atoms with Crippen LogP contribution >= 0.6 is 11.8 Å². The summed E-state index contributed by atoms with van der Waals surface area (Å²) in [6.07, 6.45) is 4.46. The van der Waals surface area contributed by atoms with Crippen molar-refractivity contribution in [1.29, 1.82) is 0 Å². The molecule has 32 heavy (non-hydrogen) atoms. The van der Waals surface area contributed by atoms with E-state index in [1.807, 2.05) is 26.8 Å². The highest BCUT2D eigenvalue weighted by Crippen LogP contribution is 2.33. The molecule has 4 heterocycles. The van der Waals surface area contributed by atoms with Gasteiger partial charge in [-0.05, 0) is 17.7 Å². The lowest BCUT2D eigenvalue weighted by Gasteiger charge is -2.21. The van der Waals surface area contributed by atoms with Gasteiger partial charge >= 0.3 is 0 Å². The first-order valence-corrected chi connectivity index (χ1v) is 11.4. The Kier molecular flexibility index (Phi) is 5.52. The Morgan fingerprint density at radius 3 is 2.19 bits per heavy atom. The maximum Gasteiger partial charge on any atom is 0.227 e. The normalized spacial score (nSPS) is 18.9. The van der Waals surface area contributed by atoms with E-state index in [1.165, 1.54) is 30.5 Å². The number of ketones is 2. The molecule has 1 N–H and O–H groups in total. The van der Waals surface area contributed by atoms with Crippen molar-refractivity contribution in [3.8, 4) is 5.75 Å². The number of carbonyl (C=O) groups excluding carboxylic acids is 2. The van der Waals surface area contributed by atoms with E-state index in [2.05, 4.69) is 15.0 Å². The highest BCUT2D eigenvalue weighted by Gasteiger charge is 2.43. The highest BCUT2D eigenvalue weighted by atomic mass is 32.2. The molecule has 1 aliphatic carbocycles. The second kappa shape index (κ2) is 8.62. The number of carbonyl (C=O) groups is 2. The minimum atomic E-state index is 0.00546. The lowest BCUT2D eigenvalue weighted by Crippen LogP contribution is -2.29. The molecule has 2 aromatic rings. The van der Waals surface area contributed by atoms with Crippen molar-refractivity contribution in [3.05, 3.63) is 65.7 Å². The third-order valence-corrected chi connectivity index (χ3v) is 6.18. The summed E-state index contributed by atoms with van der Waals surface area (Å²) in [5.74, 6) is 1.06. The van der Waals surface area contributed by atoms with Gasteiger partial charge in [-0.25, -0.2) is 15.0 Å². The van der Waals surface area contributed by atoms with Gasteiger partial charge in [0, 0.05) is 51.1 Å². The van der Waals surface area contributed by atoms with E-state index in [1.54, 1.807) is 12.1 Å². The summed E-state index contributed by atoms with van der Waals surface area (Å²) in [5, 5.41) is 9.95. The summed E-state index contributed by atoms with van der Waals surface area (Å²) >= 11 is 1.51. The molecule has 0 radical (unpaired) electrons. The molecule has 3 fully saturated rings. The minimum Gasteiger partial charge on any atom is -0.508 e. The van der Waals surface area contributed by atoms with Crippen molar-refractivity contribution in [2.75, 3.05) is 39.3 Å². The molecule has 0 bridgehead atoms. The molecule has 164 valence electrons. The van der Waals surface area contributed by atoms with Crippen molar-refractivity contribution in [3.63, 3.8) is 0 Å². The van der Waals surface area contributed by atoms with E-state index >= 15 is 0 Å². The molecule has 0 unspecified atom stereocenters. The standard InChI is InChI=1S/C12H13N3O2.C10H9N3OS/c16-9-7-8(13-1-2-13)12(17)11(15-5-6-15)10(9)14-3-4-14;14-9-3-1-2-8(4-9)5-15-10-12-6-11-7-13-10/h7H,1-6H2;1-4,6-7,14H,5H2. The summed E-state index contributed by atoms with van der Waals surface area (Å²) in [4.78, 5) is 42.2. The summed E-state index contributed by atoms with van der Waals surface area (Å²) < 4.78 is 0. The molecule has 0 spiro atoms. The van der Waals surface area contributed by atoms with Gasteiger partial charge in [0.2, 0.25) is 11.6 Å². The van der Waals surface area contributed by atoms with Gasteiger partial charge in [0.05, 0.1) is 5.70 Å². The Labute approximate surface area is 189 Å². The minimum absolute atomic E-state index is 0.00546. The van der Waals surface area contributed by atoms with Crippen LogP contribution in [0.1, 0.15) is 5.56 Å². The largest absolute Gasteiger partial charge is 0.508 e.